The molecule has 1 aliphatic heterocycles. The molecule has 0 radical (unpaired) electrons. The zero-order valence-corrected chi connectivity index (χ0v) is 16.8. The van der Waals surface area contributed by atoms with Crippen LogP contribution in [0, 0.1) is 0 Å². The normalized spacial score (nSPS) is 16.7. The van der Waals surface area contributed by atoms with Gasteiger partial charge in [0.2, 0.25) is 11.8 Å². The Morgan fingerprint density at radius 1 is 1.14 bits per heavy atom. The van der Waals surface area contributed by atoms with Gasteiger partial charge in [-0.05, 0) is 55.1 Å². The van der Waals surface area contributed by atoms with Crippen LogP contribution in [0.2, 0.25) is 5.02 Å². The molecule has 0 saturated carbocycles. The summed E-state index contributed by atoms with van der Waals surface area (Å²) in [6, 6.07) is 15.7. The maximum atomic E-state index is 12.4. The van der Waals surface area contributed by atoms with E-state index in [2.05, 4.69) is 15.5 Å². The monoisotopic (exact) mass is 399 g/mol. The number of rotatable bonds is 7. The second-order valence-electron chi connectivity index (χ2n) is 7.02. The summed E-state index contributed by atoms with van der Waals surface area (Å²) in [5.74, 6) is -0.366. The molecule has 1 atom stereocenters. The topological polar surface area (TPSA) is 61.4 Å². The average molecular weight is 400 g/mol. The first-order valence-electron chi connectivity index (χ1n) is 9.70. The minimum Gasteiger partial charge on any atom is -0.346 e. The van der Waals surface area contributed by atoms with E-state index in [1.54, 1.807) is 0 Å². The van der Waals surface area contributed by atoms with E-state index in [-0.39, 0.29) is 30.9 Å². The number of aryl methyl sites for hydroxylation is 1. The molecule has 148 valence electrons. The molecule has 0 aliphatic carbocycles. The van der Waals surface area contributed by atoms with Crippen molar-refractivity contribution in [1.82, 2.24) is 10.2 Å². The summed E-state index contributed by atoms with van der Waals surface area (Å²) in [6.07, 6.45) is 2.88. The van der Waals surface area contributed by atoms with Gasteiger partial charge in [0.15, 0.2) is 0 Å². The maximum Gasteiger partial charge on any atom is 0.243 e. The third kappa shape index (κ3) is 5.33. The number of anilines is 1. The van der Waals surface area contributed by atoms with Gasteiger partial charge in [0, 0.05) is 16.8 Å². The van der Waals surface area contributed by atoms with Crippen molar-refractivity contribution in [3.63, 3.8) is 0 Å². The maximum absolute atomic E-state index is 12.4. The predicted molar refractivity (Wildman–Crippen MR) is 112 cm³/mol. The van der Waals surface area contributed by atoms with E-state index in [0.29, 0.717) is 5.02 Å². The Morgan fingerprint density at radius 3 is 2.75 bits per heavy atom. The number of benzene rings is 2. The van der Waals surface area contributed by atoms with Gasteiger partial charge in [-0.1, -0.05) is 48.9 Å². The average Bonchev–Trinajstić information content (AvgIpc) is 3.15. The van der Waals surface area contributed by atoms with E-state index in [4.69, 9.17) is 11.6 Å². The number of para-hydroxylation sites is 1. The highest BCUT2D eigenvalue weighted by atomic mass is 35.5. The van der Waals surface area contributed by atoms with Crippen LogP contribution in [0.5, 0.6) is 0 Å². The summed E-state index contributed by atoms with van der Waals surface area (Å²) >= 11 is 6.11. The van der Waals surface area contributed by atoms with E-state index < -0.39 is 0 Å². The van der Waals surface area contributed by atoms with Crippen LogP contribution in [-0.2, 0) is 16.0 Å². The van der Waals surface area contributed by atoms with E-state index in [9.17, 15) is 9.59 Å². The number of amides is 2. The lowest BCUT2D eigenvalue weighted by atomic mass is 10.0. The van der Waals surface area contributed by atoms with Crippen molar-refractivity contribution in [3.05, 3.63) is 64.7 Å². The lowest BCUT2D eigenvalue weighted by molar-refractivity contribution is -0.125. The molecule has 1 saturated heterocycles. The quantitative estimate of drug-likeness (QED) is 0.744. The molecular weight excluding hydrogens is 374 g/mol. The molecular formula is C22H26ClN3O2. The first-order chi connectivity index (χ1) is 13.6. The smallest absolute Gasteiger partial charge is 0.243 e. The number of likely N-dealkylation sites (tertiary alicyclic amines) is 1. The number of nitrogens with one attached hydrogen (secondary N) is 2. The second kappa shape index (κ2) is 9.71. The molecule has 0 aromatic heterocycles. The Bertz CT molecular complexity index is 840. The van der Waals surface area contributed by atoms with Crippen molar-refractivity contribution in [3.8, 4) is 0 Å². The van der Waals surface area contributed by atoms with E-state index >= 15 is 0 Å². The first-order valence-corrected chi connectivity index (χ1v) is 10.1. The zero-order valence-electron chi connectivity index (χ0n) is 16.1. The fraction of sp³-hybridized carbons (Fsp3) is 0.364. The van der Waals surface area contributed by atoms with E-state index in [1.165, 1.54) is 0 Å². The lowest BCUT2D eigenvalue weighted by Crippen LogP contribution is -2.40. The van der Waals surface area contributed by atoms with Crippen molar-refractivity contribution < 1.29 is 9.59 Å². The van der Waals surface area contributed by atoms with E-state index in [0.717, 1.165) is 42.6 Å². The lowest BCUT2D eigenvalue weighted by Gasteiger charge is -2.24. The molecule has 1 aliphatic rings. The zero-order chi connectivity index (χ0) is 19.9. The molecule has 2 N–H and O–H groups in total. The number of hydrogen-bond acceptors (Lipinski definition) is 3. The van der Waals surface area contributed by atoms with Crippen LogP contribution in [0.1, 0.15) is 36.9 Å². The summed E-state index contributed by atoms with van der Waals surface area (Å²) in [5, 5.41) is 6.31. The molecule has 0 bridgehead atoms. The molecule has 1 heterocycles. The van der Waals surface area contributed by atoms with Crippen molar-refractivity contribution in [2.24, 2.45) is 0 Å². The largest absolute Gasteiger partial charge is 0.346 e. The van der Waals surface area contributed by atoms with Gasteiger partial charge in [0.25, 0.3) is 0 Å². The SMILES string of the molecule is CCc1ccccc1NC(=O)CNC(=O)CN1CCCC1c1cccc(Cl)c1. The van der Waals surface area contributed by atoms with Gasteiger partial charge < -0.3 is 10.6 Å². The Kier molecular flexibility index (Phi) is 7.06. The fourth-order valence-electron chi connectivity index (χ4n) is 3.67. The Morgan fingerprint density at radius 2 is 1.96 bits per heavy atom. The Labute approximate surface area is 171 Å². The summed E-state index contributed by atoms with van der Waals surface area (Å²) in [6.45, 7) is 3.14. The third-order valence-corrected chi connectivity index (χ3v) is 5.30. The van der Waals surface area contributed by atoms with Crippen LogP contribution in [0.15, 0.2) is 48.5 Å². The third-order valence-electron chi connectivity index (χ3n) is 5.06. The van der Waals surface area contributed by atoms with E-state index in [1.807, 2.05) is 55.5 Å². The van der Waals surface area contributed by atoms with Crippen molar-refractivity contribution in [2.45, 2.75) is 32.2 Å². The van der Waals surface area contributed by atoms with Crippen LogP contribution in [0.3, 0.4) is 0 Å². The van der Waals surface area contributed by atoms with Crippen molar-refractivity contribution in [1.29, 1.82) is 0 Å². The van der Waals surface area contributed by atoms with Crippen molar-refractivity contribution in [2.75, 3.05) is 25.0 Å². The predicted octanol–water partition coefficient (Wildman–Crippen LogP) is 3.79. The molecule has 6 heteroatoms. The Hall–Kier alpha value is -2.37. The van der Waals surface area contributed by atoms with Crippen LogP contribution in [0.4, 0.5) is 5.69 Å². The van der Waals surface area contributed by atoms with Gasteiger partial charge in [0.05, 0.1) is 13.1 Å². The molecule has 5 nitrogen and oxygen atoms in total. The summed E-state index contributed by atoms with van der Waals surface area (Å²) in [5.41, 5.74) is 3.00. The molecule has 1 unspecified atom stereocenters. The standard InChI is InChI=1S/C22H26ClN3O2/c1-2-16-7-3-4-10-19(16)25-21(27)14-24-22(28)15-26-12-6-11-20(26)17-8-5-9-18(23)13-17/h3-5,7-10,13,20H,2,6,11-12,14-15H2,1H3,(H,24,28)(H,25,27). The number of halogens is 1. The van der Waals surface area contributed by atoms with Gasteiger partial charge in [-0.25, -0.2) is 0 Å². The summed E-state index contributed by atoms with van der Waals surface area (Å²) in [4.78, 5) is 26.7. The molecule has 2 aromatic rings. The van der Waals surface area contributed by atoms with Gasteiger partial charge >= 0.3 is 0 Å². The molecule has 1 fully saturated rings. The molecule has 3 rings (SSSR count). The fourth-order valence-corrected chi connectivity index (χ4v) is 3.87. The van der Waals surface area contributed by atoms with Gasteiger partial charge in [-0.2, -0.15) is 0 Å². The highest BCUT2D eigenvalue weighted by Crippen LogP contribution is 2.32. The highest BCUT2D eigenvalue weighted by Gasteiger charge is 2.27. The Balaban J connectivity index is 1.50. The van der Waals surface area contributed by atoms with Crippen molar-refractivity contribution >= 4 is 29.1 Å². The van der Waals surface area contributed by atoms with Gasteiger partial charge in [-0.3, -0.25) is 14.5 Å². The van der Waals surface area contributed by atoms with Crippen LogP contribution in [0.25, 0.3) is 0 Å². The number of carbonyl (C=O) groups is 2. The number of nitrogens with zero attached hydrogens (tertiary/aromatic N) is 1. The molecule has 0 spiro atoms. The van der Waals surface area contributed by atoms with Crippen LogP contribution in [-0.4, -0.2) is 36.3 Å². The van der Waals surface area contributed by atoms with Crippen LogP contribution >= 0.6 is 11.6 Å². The highest BCUT2D eigenvalue weighted by molar-refractivity contribution is 6.30. The summed E-state index contributed by atoms with van der Waals surface area (Å²) < 4.78 is 0. The molecule has 28 heavy (non-hydrogen) atoms. The summed E-state index contributed by atoms with van der Waals surface area (Å²) in [7, 11) is 0. The minimum atomic E-state index is -0.220. The van der Waals surface area contributed by atoms with Gasteiger partial charge in [-0.15, -0.1) is 0 Å². The second-order valence-corrected chi connectivity index (χ2v) is 7.46. The minimum absolute atomic E-state index is 0.0352. The van der Waals surface area contributed by atoms with Crippen LogP contribution < -0.4 is 10.6 Å². The number of hydrogen-bond donors (Lipinski definition) is 2. The molecule has 2 amide bonds. The molecule has 2 aromatic carbocycles. The first kappa shape index (κ1) is 20.4. The number of carbonyl (C=O) groups excluding carboxylic acids is 2. The van der Waals surface area contributed by atoms with Gasteiger partial charge in [0.1, 0.15) is 0 Å².